The highest BCUT2D eigenvalue weighted by molar-refractivity contribution is 7.90. The zero-order valence-electron chi connectivity index (χ0n) is 17.5. The zero-order valence-corrected chi connectivity index (χ0v) is 19.1. The van der Waals surface area contributed by atoms with Crippen molar-refractivity contribution >= 4 is 31.9 Å². The lowest BCUT2D eigenvalue weighted by Crippen LogP contribution is -2.33. The molecule has 164 valence electrons. The van der Waals surface area contributed by atoms with Crippen LogP contribution in [0.1, 0.15) is 11.3 Å². The summed E-state index contributed by atoms with van der Waals surface area (Å²) >= 11 is 0. The second kappa shape index (κ2) is 8.20. The van der Waals surface area contributed by atoms with E-state index < -0.39 is 21.0 Å². The number of rotatable bonds is 5. The molecular weight excluding hydrogens is 444 g/mol. The quantitative estimate of drug-likeness (QED) is 0.446. The summed E-state index contributed by atoms with van der Waals surface area (Å²) in [5.41, 5.74) is 2.21. The van der Waals surface area contributed by atoms with E-state index in [0.717, 1.165) is 21.5 Å². The van der Waals surface area contributed by atoms with Crippen molar-refractivity contribution in [2.45, 2.75) is 22.8 Å². The number of ether oxygens (including phenoxy) is 1. The Morgan fingerprint density at radius 1 is 0.938 bits per heavy atom. The fourth-order valence-corrected chi connectivity index (χ4v) is 7.01. The molecule has 1 unspecified atom stereocenters. The first-order valence-corrected chi connectivity index (χ1v) is 12.8. The third-order valence-corrected chi connectivity index (χ3v) is 8.96. The lowest BCUT2D eigenvalue weighted by atomic mass is 10.1. The van der Waals surface area contributed by atoms with Crippen molar-refractivity contribution in [3.8, 4) is 5.75 Å². The van der Waals surface area contributed by atoms with Crippen LogP contribution in [-0.4, -0.2) is 34.6 Å². The molecule has 0 amide bonds. The molecule has 0 fully saturated rings. The molecule has 2 heterocycles. The van der Waals surface area contributed by atoms with E-state index in [4.69, 9.17) is 4.74 Å². The van der Waals surface area contributed by atoms with Crippen molar-refractivity contribution in [3.05, 3.63) is 90.1 Å². The smallest absolute Gasteiger partial charge is 0.268 e. The summed E-state index contributed by atoms with van der Waals surface area (Å²) in [6.45, 7) is 0.879. The molecule has 0 bridgehead atoms. The minimum Gasteiger partial charge on any atom is -0.497 e. The first-order valence-electron chi connectivity index (χ1n) is 10.2. The maximum absolute atomic E-state index is 13.6. The van der Waals surface area contributed by atoms with Crippen LogP contribution >= 0.6 is 0 Å². The molecule has 0 spiro atoms. The molecule has 5 rings (SSSR count). The van der Waals surface area contributed by atoms with Crippen molar-refractivity contribution in [2.24, 2.45) is 0 Å². The van der Waals surface area contributed by atoms with Gasteiger partial charge in [-0.3, -0.25) is 0 Å². The Hall–Kier alpha value is -2.94. The van der Waals surface area contributed by atoms with Gasteiger partial charge in [0, 0.05) is 30.6 Å². The molecule has 6 nitrogen and oxygen atoms in total. The molecule has 1 aliphatic rings. The minimum absolute atomic E-state index is 0.241. The summed E-state index contributed by atoms with van der Waals surface area (Å²) in [6, 6.07) is 23.2. The molecule has 1 aromatic heterocycles. The van der Waals surface area contributed by atoms with Crippen LogP contribution in [-0.2, 0) is 34.0 Å². The lowest BCUT2D eigenvalue weighted by Gasteiger charge is -2.27. The second-order valence-corrected chi connectivity index (χ2v) is 10.8. The summed E-state index contributed by atoms with van der Waals surface area (Å²) in [6.07, 6.45) is 0.469. The molecule has 3 aromatic carbocycles. The molecule has 4 aromatic rings. The summed E-state index contributed by atoms with van der Waals surface area (Å²) < 4.78 is 49.2. The number of hydrogen-bond acceptors (Lipinski definition) is 4. The molecule has 0 N–H and O–H groups in total. The number of aromatic nitrogens is 1. The van der Waals surface area contributed by atoms with E-state index in [9.17, 15) is 12.6 Å². The highest BCUT2D eigenvalue weighted by Crippen LogP contribution is 2.36. The fourth-order valence-electron chi connectivity index (χ4n) is 4.20. The summed E-state index contributed by atoms with van der Waals surface area (Å²) in [7, 11) is -3.54. The van der Waals surface area contributed by atoms with Crippen LogP contribution in [0.25, 0.3) is 10.9 Å². The van der Waals surface area contributed by atoms with Crippen LogP contribution in [0.4, 0.5) is 0 Å². The normalized spacial score (nSPS) is 15.4. The molecule has 0 aliphatic carbocycles. The van der Waals surface area contributed by atoms with E-state index >= 15 is 0 Å². The molecule has 32 heavy (non-hydrogen) atoms. The zero-order chi connectivity index (χ0) is 22.3. The van der Waals surface area contributed by atoms with Gasteiger partial charge < -0.3 is 4.74 Å². The first kappa shape index (κ1) is 20.9. The maximum atomic E-state index is 13.6. The van der Waals surface area contributed by atoms with Gasteiger partial charge in [0.15, 0.2) is 0 Å². The summed E-state index contributed by atoms with van der Waals surface area (Å²) in [5, 5.41) is 0.800. The predicted octanol–water partition coefficient (Wildman–Crippen LogP) is 3.97. The van der Waals surface area contributed by atoms with Crippen LogP contribution in [0.3, 0.4) is 0 Å². The van der Waals surface area contributed by atoms with Gasteiger partial charge in [-0.05, 0) is 48.0 Å². The lowest BCUT2D eigenvalue weighted by molar-refractivity contribution is 0.414. The van der Waals surface area contributed by atoms with Crippen LogP contribution < -0.4 is 4.74 Å². The third-order valence-electron chi connectivity index (χ3n) is 5.73. The van der Waals surface area contributed by atoms with Gasteiger partial charge in [-0.25, -0.2) is 20.9 Å². The number of methoxy groups -OCH3 is 1. The predicted molar refractivity (Wildman–Crippen MR) is 124 cm³/mol. The molecule has 8 heteroatoms. The molecule has 0 radical (unpaired) electrons. The number of nitrogens with zero attached hydrogens (tertiary/aromatic N) is 2. The van der Waals surface area contributed by atoms with Gasteiger partial charge in [0.2, 0.25) is 0 Å². The van der Waals surface area contributed by atoms with Crippen molar-refractivity contribution < 1.29 is 17.4 Å². The van der Waals surface area contributed by atoms with Gasteiger partial charge in [0.05, 0.1) is 22.4 Å². The Balaban J connectivity index is 1.67. The largest absolute Gasteiger partial charge is 0.497 e. The van der Waals surface area contributed by atoms with E-state index in [1.165, 1.54) is 3.97 Å². The average Bonchev–Trinajstić information content (AvgIpc) is 3.18. The topological polar surface area (TPSA) is 68.6 Å². The number of fused-ring (bicyclic) bond motifs is 3. The molecule has 1 aliphatic heterocycles. The Morgan fingerprint density at radius 2 is 1.62 bits per heavy atom. The SMILES string of the molecule is COc1ccc2c(c1)c1c(n2S(=O)(=O)c2ccccc2)CCN(S(=O)c2ccccc2)C1. The average molecular weight is 467 g/mol. The monoisotopic (exact) mass is 466 g/mol. The summed E-state index contributed by atoms with van der Waals surface area (Å²) in [5.74, 6) is 0.649. The van der Waals surface area contributed by atoms with Crippen LogP contribution in [0.5, 0.6) is 5.75 Å². The third kappa shape index (κ3) is 3.44. The Labute approximate surface area is 189 Å². The maximum Gasteiger partial charge on any atom is 0.268 e. The fraction of sp³-hybridized carbons (Fsp3) is 0.167. The standard InChI is InChI=1S/C24H22N2O4S2/c1-30-18-12-13-23-21(16-18)22-17-25(31(27)19-8-4-2-5-9-19)15-14-24(22)26(23)32(28,29)20-10-6-3-7-11-20/h2-13,16H,14-15,17H2,1H3. The molecular formula is C24H22N2O4S2. The Morgan fingerprint density at radius 3 is 2.31 bits per heavy atom. The van der Waals surface area contributed by atoms with Crippen LogP contribution in [0, 0.1) is 0 Å². The Kier molecular flexibility index (Phi) is 5.36. The van der Waals surface area contributed by atoms with Crippen molar-refractivity contribution in [1.82, 2.24) is 8.28 Å². The van der Waals surface area contributed by atoms with Crippen LogP contribution in [0.2, 0.25) is 0 Å². The van der Waals surface area contributed by atoms with Gasteiger partial charge >= 0.3 is 0 Å². The number of hydrogen-bond donors (Lipinski definition) is 0. The van der Waals surface area contributed by atoms with Crippen molar-refractivity contribution in [1.29, 1.82) is 0 Å². The van der Waals surface area contributed by atoms with Gasteiger partial charge in [0.25, 0.3) is 10.0 Å². The van der Waals surface area contributed by atoms with E-state index in [2.05, 4.69) is 0 Å². The van der Waals surface area contributed by atoms with E-state index in [-0.39, 0.29) is 4.90 Å². The van der Waals surface area contributed by atoms with E-state index in [1.807, 2.05) is 40.7 Å². The first-order chi connectivity index (χ1) is 15.5. The highest BCUT2D eigenvalue weighted by Gasteiger charge is 2.32. The van der Waals surface area contributed by atoms with Gasteiger partial charge in [0.1, 0.15) is 16.7 Å². The van der Waals surface area contributed by atoms with Crippen molar-refractivity contribution in [3.63, 3.8) is 0 Å². The van der Waals surface area contributed by atoms with Gasteiger partial charge in [-0.1, -0.05) is 36.4 Å². The van der Waals surface area contributed by atoms with Crippen molar-refractivity contribution in [2.75, 3.05) is 13.7 Å². The summed E-state index contributed by atoms with van der Waals surface area (Å²) in [4.78, 5) is 0.972. The molecule has 0 saturated heterocycles. The minimum atomic E-state index is -3.79. The van der Waals surface area contributed by atoms with E-state index in [1.54, 1.807) is 49.6 Å². The van der Waals surface area contributed by atoms with Gasteiger partial charge in [-0.2, -0.15) is 0 Å². The molecule has 1 atom stereocenters. The second-order valence-electron chi connectivity index (χ2n) is 7.57. The number of benzene rings is 3. The van der Waals surface area contributed by atoms with Gasteiger partial charge in [-0.15, -0.1) is 0 Å². The highest BCUT2D eigenvalue weighted by atomic mass is 32.2. The molecule has 0 saturated carbocycles. The van der Waals surface area contributed by atoms with E-state index in [0.29, 0.717) is 30.8 Å². The van der Waals surface area contributed by atoms with Crippen LogP contribution in [0.15, 0.2) is 88.7 Å². The Bertz CT molecular complexity index is 1410.